The highest BCUT2D eigenvalue weighted by atomic mass is 32.1. The van der Waals surface area contributed by atoms with Crippen molar-refractivity contribution in [2.45, 2.75) is 0 Å². The van der Waals surface area contributed by atoms with Crippen LogP contribution in [0.4, 0.5) is 17.1 Å². The van der Waals surface area contributed by atoms with Crippen LogP contribution in [0.2, 0.25) is 0 Å². The minimum atomic E-state index is 0.865. The molecule has 59 heavy (non-hydrogen) atoms. The van der Waals surface area contributed by atoms with Gasteiger partial charge in [0, 0.05) is 42.5 Å². The molecule has 0 saturated heterocycles. The third-order valence-corrected chi connectivity index (χ3v) is 13.0. The zero-order chi connectivity index (χ0) is 38.9. The van der Waals surface area contributed by atoms with Gasteiger partial charge in [0.2, 0.25) is 0 Å². The van der Waals surface area contributed by atoms with Crippen LogP contribution in [-0.2, 0) is 0 Å². The van der Waals surface area contributed by atoms with Gasteiger partial charge in [0.25, 0.3) is 0 Å². The van der Waals surface area contributed by atoms with Gasteiger partial charge in [0.1, 0.15) is 11.2 Å². The summed E-state index contributed by atoms with van der Waals surface area (Å²) in [6, 6.07) is 76.9. The molecule has 3 heteroatoms. The standard InChI is InChI=1S/C56H35NOS/c1-3-11-36(12-4-1)41-24-29-49-52(34-41)58-56-47(38-13-5-2-6-14-38)30-31-51(55(49)56)57(44-27-32-54-50(35-44)48-17-9-10-18-53(48)59-54)43-25-21-37(22-26-43)40-23-28-46-42(33-40)20-19-39-15-7-8-16-45(39)46/h1-35H. The van der Waals surface area contributed by atoms with Gasteiger partial charge in [-0.3, -0.25) is 0 Å². The van der Waals surface area contributed by atoms with Crippen molar-refractivity contribution in [2.75, 3.05) is 4.90 Å². The van der Waals surface area contributed by atoms with Crippen molar-refractivity contribution in [3.63, 3.8) is 0 Å². The van der Waals surface area contributed by atoms with E-state index in [0.29, 0.717) is 0 Å². The minimum absolute atomic E-state index is 0.865. The molecule has 0 spiro atoms. The summed E-state index contributed by atoms with van der Waals surface area (Å²) in [5.74, 6) is 0. The van der Waals surface area contributed by atoms with Crippen LogP contribution in [0.1, 0.15) is 0 Å². The number of benzene rings is 10. The molecule has 0 aliphatic rings. The molecular weight excluding hydrogens is 735 g/mol. The van der Waals surface area contributed by atoms with Crippen molar-refractivity contribution in [1.29, 1.82) is 0 Å². The van der Waals surface area contributed by atoms with Crippen molar-refractivity contribution in [3.8, 4) is 33.4 Å². The topological polar surface area (TPSA) is 16.4 Å². The zero-order valence-electron chi connectivity index (χ0n) is 32.0. The maximum Gasteiger partial charge on any atom is 0.145 e. The second-order valence-electron chi connectivity index (χ2n) is 15.3. The number of hydrogen-bond donors (Lipinski definition) is 0. The van der Waals surface area contributed by atoms with Crippen LogP contribution in [0.25, 0.3) is 97.0 Å². The van der Waals surface area contributed by atoms with Gasteiger partial charge in [-0.05, 0) is 116 Å². The zero-order valence-corrected chi connectivity index (χ0v) is 32.8. The molecule has 0 aliphatic heterocycles. The summed E-state index contributed by atoms with van der Waals surface area (Å²) in [6.45, 7) is 0. The lowest BCUT2D eigenvalue weighted by Gasteiger charge is -2.27. The normalized spacial score (nSPS) is 11.7. The van der Waals surface area contributed by atoms with Crippen molar-refractivity contribution in [3.05, 3.63) is 212 Å². The molecule has 0 atom stereocenters. The largest absolute Gasteiger partial charge is 0.455 e. The number of anilines is 3. The predicted octanol–water partition coefficient (Wildman–Crippen LogP) is 16.7. The van der Waals surface area contributed by atoms with E-state index in [0.717, 1.165) is 61.3 Å². The van der Waals surface area contributed by atoms with E-state index >= 15 is 0 Å². The summed E-state index contributed by atoms with van der Waals surface area (Å²) >= 11 is 1.85. The Labute approximate surface area is 345 Å². The van der Waals surface area contributed by atoms with Crippen molar-refractivity contribution in [2.24, 2.45) is 0 Å². The van der Waals surface area contributed by atoms with Crippen molar-refractivity contribution >= 4 is 92.1 Å². The monoisotopic (exact) mass is 769 g/mol. The first-order valence-electron chi connectivity index (χ1n) is 20.1. The van der Waals surface area contributed by atoms with Crippen molar-refractivity contribution < 1.29 is 4.42 Å². The van der Waals surface area contributed by atoms with Crippen LogP contribution in [-0.4, -0.2) is 0 Å². The highest BCUT2D eigenvalue weighted by Gasteiger charge is 2.23. The Hall–Kier alpha value is -7.46. The van der Waals surface area contributed by atoms with Gasteiger partial charge in [-0.2, -0.15) is 0 Å². The molecule has 0 N–H and O–H groups in total. The number of furan rings is 1. The minimum Gasteiger partial charge on any atom is -0.455 e. The van der Waals surface area contributed by atoms with Crippen molar-refractivity contribution in [1.82, 2.24) is 0 Å². The molecule has 12 rings (SSSR count). The van der Waals surface area contributed by atoms with E-state index < -0.39 is 0 Å². The molecule has 0 radical (unpaired) electrons. The third kappa shape index (κ3) is 5.62. The summed E-state index contributed by atoms with van der Waals surface area (Å²) in [5, 5.41) is 9.77. The average molecular weight is 770 g/mol. The van der Waals surface area contributed by atoms with E-state index in [2.05, 4.69) is 217 Å². The van der Waals surface area contributed by atoms with Gasteiger partial charge in [0.05, 0.1) is 11.1 Å². The van der Waals surface area contributed by atoms with Gasteiger partial charge >= 0.3 is 0 Å². The lowest BCUT2D eigenvalue weighted by atomic mass is 9.97. The fourth-order valence-corrected chi connectivity index (χ4v) is 10.1. The Morgan fingerprint density at radius 2 is 0.966 bits per heavy atom. The Morgan fingerprint density at radius 1 is 0.356 bits per heavy atom. The first kappa shape index (κ1) is 33.7. The number of rotatable bonds is 6. The molecule has 0 amide bonds. The lowest BCUT2D eigenvalue weighted by molar-refractivity contribution is 0.670. The fourth-order valence-electron chi connectivity index (χ4n) is 8.98. The number of fused-ring (bicyclic) bond motifs is 9. The van der Waals surface area contributed by atoms with Gasteiger partial charge in [-0.25, -0.2) is 0 Å². The van der Waals surface area contributed by atoms with Crippen LogP contribution in [0.3, 0.4) is 0 Å². The molecule has 10 aromatic carbocycles. The molecule has 12 aromatic rings. The van der Waals surface area contributed by atoms with E-state index in [1.165, 1.54) is 52.8 Å². The van der Waals surface area contributed by atoms with Gasteiger partial charge in [0.15, 0.2) is 0 Å². The van der Waals surface area contributed by atoms with E-state index in [4.69, 9.17) is 4.42 Å². The number of hydrogen-bond acceptors (Lipinski definition) is 3. The molecule has 276 valence electrons. The van der Waals surface area contributed by atoms with Crippen LogP contribution in [0.5, 0.6) is 0 Å². The summed E-state index contributed by atoms with van der Waals surface area (Å²) in [5.41, 5.74) is 11.8. The molecule has 2 heterocycles. The molecule has 0 bridgehead atoms. The first-order valence-corrected chi connectivity index (χ1v) is 20.9. The van der Waals surface area contributed by atoms with Crippen LogP contribution < -0.4 is 4.90 Å². The molecular formula is C56H35NOS. The van der Waals surface area contributed by atoms with E-state index in [9.17, 15) is 0 Å². The first-order chi connectivity index (χ1) is 29.2. The molecule has 2 nitrogen and oxygen atoms in total. The summed E-state index contributed by atoms with van der Waals surface area (Å²) in [4.78, 5) is 2.42. The average Bonchev–Trinajstić information content (AvgIpc) is 3.88. The van der Waals surface area contributed by atoms with E-state index in [1.54, 1.807) is 0 Å². The Balaban J connectivity index is 1.07. The fraction of sp³-hybridized carbons (Fsp3) is 0. The van der Waals surface area contributed by atoms with Gasteiger partial charge in [-0.1, -0.05) is 146 Å². The maximum absolute atomic E-state index is 6.99. The van der Waals surface area contributed by atoms with E-state index in [1.807, 2.05) is 11.3 Å². The highest BCUT2D eigenvalue weighted by molar-refractivity contribution is 7.25. The van der Waals surface area contributed by atoms with E-state index in [-0.39, 0.29) is 0 Å². The van der Waals surface area contributed by atoms with Gasteiger partial charge < -0.3 is 9.32 Å². The maximum atomic E-state index is 6.99. The third-order valence-electron chi connectivity index (χ3n) is 11.9. The predicted molar refractivity (Wildman–Crippen MR) is 253 cm³/mol. The van der Waals surface area contributed by atoms with Gasteiger partial charge in [-0.15, -0.1) is 11.3 Å². The Kier molecular flexibility index (Phi) is 7.75. The van der Waals surface area contributed by atoms with Crippen LogP contribution in [0, 0.1) is 0 Å². The molecule has 0 unspecified atom stereocenters. The number of nitrogens with zero attached hydrogens (tertiary/aromatic N) is 1. The smallest absolute Gasteiger partial charge is 0.145 e. The Morgan fingerprint density at radius 3 is 1.80 bits per heavy atom. The second kappa shape index (κ2) is 13.6. The number of thiophene rings is 1. The highest BCUT2D eigenvalue weighted by Crippen LogP contribution is 2.48. The molecule has 2 aromatic heterocycles. The second-order valence-corrected chi connectivity index (χ2v) is 16.3. The van der Waals surface area contributed by atoms with Crippen LogP contribution >= 0.6 is 11.3 Å². The SMILES string of the molecule is c1ccc(-c2ccc3c(c2)oc2c(-c4ccccc4)ccc(N(c4ccc(-c5ccc6c(ccc7ccccc76)c5)cc4)c4ccc5sc6ccccc6c5c4)c23)cc1. The lowest BCUT2D eigenvalue weighted by Crippen LogP contribution is -2.10. The van der Waals surface area contributed by atoms with Crippen LogP contribution in [0.15, 0.2) is 217 Å². The summed E-state index contributed by atoms with van der Waals surface area (Å²) < 4.78 is 9.57. The summed E-state index contributed by atoms with van der Waals surface area (Å²) in [6.07, 6.45) is 0. The quantitative estimate of drug-likeness (QED) is 0.157. The molecule has 0 aliphatic carbocycles. The Bertz CT molecular complexity index is 3550. The molecule has 0 fully saturated rings. The summed E-state index contributed by atoms with van der Waals surface area (Å²) in [7, 11) is 0. The molecule has 0 saturated carbocycles.